The van der Waals surface area contributed by atoms with Crippen molar-refractivity contribution in [1.82, 2.24) is 4.90 Å². The Hall–Kier alpha value is -2.83. The molecule has 28 heavy (non-hydrogen) atoms. The maximum Gasteiger partial charge on any atom is 0.290 e. The van der Waals surface area contributed by atoms with Crippen molar-refractivity contribution in [1.29, 1.82) is 0 Å². The number of aryl methyl sites for hydroxylation is 1. The molecule has 5 nitrogen and oxygen atoms in total. The fraction of sp³-hybridized carbons (Fsp3) is 0.143. The number of hydrogen-bond acceptors (Lipinski definition) is 5. The molecule has 3 heterocycles. The van der Waals surface area contributed by atoms with Gasteiger partial charge in [0, 0.05) is 9.90 Å². The maximum absolute atomic E-state index is 13.1. The summed E-state index contributed by atoms with van der Waals surface area (Å²) >= 11 is 7.89. The zero-order chi connectivity index (χ0) is 19.8. The minimum absolute atomic E-state index is 0.0241. The van der Waals surface area contributed by atoms with Crippen molar-refractivity contribution >= 4 is 34.6 Å². The van der Waals surface area contributed by atoms with Crippen molar-refractivity contribution in [2.45, 2.75) is 19.5 Å². The van der Waals surface area contributed by atoms with Crippen molar-refractivity contribution in [3.8, 4) is 0 Å². The van der Waals surface area contributed by atoms with Crippen LogP contribution in [0.2, 0.25) is 5.02 Å². The first-order chi connectivity index (χ1) is 13.5. The van der Waals surface area contributed by atoms with E-state index < -0.39 is 23.5 Å². The fourth-order valence-electron chi connectivity index (χ4n) is 3.33. The first kappa shape index (κ1) is 18.5. The van der Waals surface area contributed by atoms with Gasteiger partial charge in [-0.1, -0.05) is 35.9 Å². The van der Waals surface area contributed by atoms with Crippen LogP contribution < -0.4 is 0 Å². The molecule has 7 heteroatoms. The molecule has 1 amide bonds. The number of benzene rings is 1. The summed E-state index contributed by atoms with van der Waals surface area (Å²) in [6, 6.07) is 13.2. The summed E-state index contributed by atoms with van der Waals surface area (Å²) in [5, 5.41) is 12.9. The first-order valence-electron chi connectivity index (χ1n) is 8.59. The largest absolute Gasteiger partial charge is 0.503 e. The van der Waals surface area contributed by atoms with E-state index in [0.717, 1.165) is 4.88 Å². The van der Waals surface area contributed by atoms with E-state index in [1.165, 1.54) is 22.3 Å². The van der Waals surface area contributed by atoms with E-state index in [0.29, 0.717) is 16.3 Å². The van der Waals surface area contributed by atoms with Gasteiger partial charge in [-0.15, -0.1) is 11.3 Å². The second-order valence-corrected chi connectivity index (χ2v) is 7.88. The Morgan fingerprint density at radius 2 is 2.00 bits per heavy atom. The van der Waals surface area contributed by atoms with Gasteiger partial charge >= 0.3 is 0 Å². The number of aliphatic hydroxyl groups excluding tert-OH is 1. The standard InChI is InChI=1S/C21H16ClNO4S/c1-12-8-9-16(27-12)19(24)17-18(14-6-2-3-7-15(14)22)23(21(26)20(17)25)11-13-5-4-10-28-13/h2-10,18,25H,11H2,1H3. The third kappa shape index (κ3) is 3.15. The fourth-order valence-corrected chi connectivity index (χ4v) is 4.27. The predicted octanol–water partition coefficient (Wildman–Crippen LogP) is 5.08. The van der Waals surface area contributed by atoms with Crippen LogP contribution in [0, 0.1) is 6.92 Å². The zero-order valence-corrected chi connectivity index (χ0v) is 16.5. The van der Waals surface area contributed by atoms with Gasteiger partial charge in [-0.3, -0.25) is 9.59 Å². The summed E-state index contributed by atoms with van der Waals surface area (Å²) in [7, 11) is 0. The van der Waals surface area contributed by atoms with Crippen LogP contribution in [0.4, 0.5) is 0 Å². The number of ketones is 1. The number of hydrogen-bond donors (Lipinski definition) is 1. The van der Waals surface area contributed by atoms with E-state index in [2.05, 4.69) is 0 Å². The number of aliphatic hydroxyl groups is 1. The number of carbonyl (C=O) groups is 2. The molecule has 0 bridgehead atoms. The van der Waals surface area contributed by atoms with Crippen LogP contribution in [-0.4, -0.2) is 21.7 Å². The second-order valence-electron chi connectivity index (χ2n) is 6.44. The molecule has 2 aromatic heterocycles. The number of amides is 1. The Morgan fingerprint density at radius 3 is 2.64 bits per heavy atom. The number of nitrogens with zero attached hydrogens (tertiary/aromatic N) is 1. The van der Waals surface area contributed by atoms with Crippen LogP contribution in [0.25, 0.3) is 0 Å². The Morgan fingerprint density at radius 1 is 1.21 bits per heavy atom. The molecule has 0 saturated heterocycles. The molecule has 0 spiro atoms. The van der Waals surface area contributed by atoms with Gasteiger partial charge < -0.3 is 14.4 Å². The molecule has 1 aromatic carbocycles. The molecule has 1 aliphatic heterocycles. The first-order valence-corrected chi connectivity index (χ1v) is 9.85. The highest BCUT2D eigenvalue weighted by molar-refractivity contribution is 7.09. The van der Waals surface area contributed by atoms with E-state index in [4.69, 9.17) is 16.0 Å². The smallest absolute Gasteiger partial charge is 0.290 e. The lowest BCUT2D eigenvalue weighted by atomic mass is 9.95. The molecule has 1 unspecified atom stereocenters. The Kier molecular flexibility index (Phi) is 4.83. The van der Waals surface area contributed by atoms with E-state index >= 15 is 0 Å². The maximum atomic E-state index is 13.1. The van der Waals surface area contributed by atoms with Crippen molar-refractivity contribution in [3.63, 3.8) is 0 Å². The summed E-state index contributed by atoms with van der Waals surface area (Å²) < 4.78 is 5.44. The van der Waals surface area contributed by atoms with Crippen molar-refractivity contribution in [2.24, 2.45) is 0 Å². The summed E-state index contributed by atoms with van der Waals surface area (Å²) in [6.45, 7) is 1.98. The predicted molar refractivity (Wildman–Crippen MR) is 106 cm³/mol. The number of carbonyl (C=O) groups excluding carboxylic acids is 2. The lowest BCUT2D eigenvalue weighted by Gasteiger charge is -2.27. The number of thiophene rings is 1. The molecule has 0 radical (unpaired) electrons. The average molecular weight is 414 g/mol. The summed E-state index contributed by atoms with van der Waals surface area (Å²) in [6.07, 6.45) is 0. The van der Waals surface area contributed by atoms with Gasteiger partial charge in [0.1, 0.15) is 5.76 Å². The summed E-state index contributed by atoms with van der Waals surface area (Å²) in [5.41, 5.74) is 0.550. The SMILES string of the molecule is Cc1ccc(C(=O)C2=C(O)C(=O)N(Cc3cccs3)C2c2ccccc2Cl)o1. The quantitative estimate of drug-likeness (QED) is 0.592. The van der Waals surface area contributed by atoms with Gasteiger partial charge in [0.15, 0.2) is 11.5 Å². The van der Waals surface area contributed by atoms with Crippen molar-refractivity contribution in [2.75, 3.05) is 0 Å². The van der Waals surface area contributed by atoms with Crippen LogP contribution in [-0.2, 0) is 11.3 Å². The van der Waals surface area contributed by atoms with Crippen LogP contribution in [0.3, 0.4) is 0 Å². The van der Waals surface area contributed by atoms with Crippen LogP contribution in [0.5, 0.6) is 0 Å². The van der Waals surface area contributed by atoms with E-state index in [1.54, 1.807) is 37.3 Å². The van der Waals surface area contributed by atoms with Gasteiger partial charge in [-0.25, -0.2) is 0 Å². The van der Waals surface area contributed by atoms with Gasteiger partial charge in [0.25, 0.3) is 5.91 Å². The van der Waals surface area contributed by atoms with Crippen LogP contribution >= 0.6 is 22.9 Å². The van der Waals surface area contributed by atoms with Crippen LogP contribution in [0.15, 0.2) is 69.7 Å². The number of Topliss-reactive ketones (excluding diaryl/α,β-unsaturated/α-hetero) is 1. The van der Waals surface area contributed by atoms with Gasteiger partial charge in [0.2, 0.25) is 5.78 Å². The molecule has 142 valence electrons. The minimum atomic E-state index is -0.804. The van der Waals surface area contributed by atoms with E-state index in [9.17, 15) is 14.7 Å². The topological polar surface area (TPSA) is 70.8 Å². The third-order valence-electron chi connectivity index (χ3n) is 4.62. The Labute approximate surface area is 170 Å². The number of furan rings is 1. The van der Waals surface area contributed by atoms with Gasteiger partial charge in [-0.05, 0) is 42.1 Å². The normalized spacial score (nSPS) is 16.9. The number of halogens is 1. The zero-order valence-electron chi connectivity index (χ0n) is 14.9. The van der Waals surface area contributed by atoms with E-state index in [1.807, 2.05) is 17.5 Å². The monoisotopic (exact) mass is 413 g/mol. The minimum Gasteiger partial charge on any atom is -0.503 e. The Balaban J connectivity index is 1.83. The molecule has 1 atom stereocenters. The molecule has 0 aliphatic carbocycles. The third-order valence-corrected chi connectivity index (χ3v) is 5.82. The molecule has 0 fully saturated rings. The second kappa shape index (κ2) is 7.30. The number of rotatable bonds is 5. The van der Waals surface area contributed by atoms with Crippen molar-refractivity contribution in [3.05, 3.63) is 92.2 Å². The van der Waals surface area contributed by atoms with Crippen LogP contribution in [0.1, 0.15) is 32.8 Å². The highest BCUT2D eigenvalue weighted by atomic mass is 35.5. The van der Waals surface area contributed by atoms with Gasteiger partial charge in [0.05, 0.1) is 18.2 Å². The highest BCUT2D eigenvalue weighted by Crippen LogP contribution is 2.42. The lowest BCUT2D eigenvalue weighted by molar-refractivity contribution is -0.130. The summed E-state index contributed by atoms with van der Waals surface area (Å²) in [4.78, 5) is 28.4. The molecule has 3 aromatic rings. The highest BCUT2D eigenvalue weighted by Gasteiger charge is 2.45. The lowest BCUT2D eigenvalue weighted by Crippen LogP contribution is -2.30. The molecular weight excluding hydrogens is 398 g/mol. The van der Waals surface area contributed by atoms with E-state index in [-0.39, 0.29) is 17.9 Å². The molecular formula is C21H16ClNO4S. The van der Waals surface area contributed by atoms with Crippen molar-refractivity contribution < 1.29 is 19.1 Å². The summed E-state index contributed by atoms with van der Waals surface area (Å²) in [5.74, 6) is -1.07. The van der Waals surface area contributed by atoms with Gasteiger partial charge in [-0.2, -0.15) is 0 Å². The molecule has 1 aliphatic rings. The molecule has 0 saturated carbocycles. The Bertz CT molecular complexity index is 1080. The average Bonchev–Trinajstić information content (AvgIpc) is 3.39. The molecule has 4 rings (SSSR count). The molecule has 1 N–H and O–H groups in total.